The fourth-order valence-corrected chi connectivity index (χ4v) is 4.03. The van der Waals surface area contributed by atoms with Gasteiger partial charge in [0, 0.05) is 50.5 Å². The molecule has 1 saturated heterocycles. The molecule has 3 aromatic rings. The number of rotatable bonds is 7. The van der Waals surface area contributed by atoms with Gasteiger partial charge < -0.3 is 10.2 Å². The monoisotopic (exact) mass is 440 g/mol. The summed E-state index contributed by atoms with van der Waals surface area (Å²) >= 11 is 5.68. The number of nitrogens with zero attached hydrogens (tertiary/aromatic N) is 5. The van der Waals surface area contributed by atoms with Gasteiger partial charge in [-0.1, -0.05) is 19.1 Å². The van der Waals surface area contributed by atoms with Crippen molar-refractivity contribution in [3.05, 3.63) is 54.0 Å². The third-order valence-electron chi connectivity index (χ3n) is 5.70. The molecule has 1 fully saturated rings. The number of hydrogen-bond acceptors (Lipinski definition) is 4. The molecule has 8 heteroatoms. The fourth-order valence-electron chi connectivity index (χ4n) is 3.90. The summed E-state index contributed by atoms with van der Waals surface area (Å²) < 4.78 is 2.15. The number of halogens is 1. The molecule has 3 heterocycles. The number of urea groups is 1. The van der Waals surface area contributed by atoms with Crippen LogP contribution in [-0.4, -0.2) is 69.0 Å². The van der Waals surface area contributed by atoms with E-state index >= 15 is 0 Å². The number of piperazine rings is 1. The van der Waals surface area contributed by atoms with E-state index < -0.39 is 0 Å². The number of amides is 2. The molecular weight excluding hydrogens is 412 g/mol. The lowest BCUT2D eigenvalue weighted by Crippen LogP contribution is -2.51. The summed E-state index contributed by atoms with van der Waals surface area (Å²) in [7, 11) is 0. The van der Waals surface area contributed by atoms with Gasteiger partial charge in [0.1, 0.15) is 11.3 Å². The SMILES string of the molecule is CCc1ccc(-n2c(CN3CCN(C(=O)NCCCCl)CC3)nc3cccnc32)cc1. The first-order valence-electron chi connectivity index (χ1n) is 10.9. The van der Waals surface area contributed by atoms with Crippen molar-refractivity contribution in [2.75, 3.05) is 38.6 Å². The van der Waals surface area contributed by atoms with E-state index in [9.17, 15) is 4.79 Å². The molecule has 4 rings (SSSR count). The molecule has 0 aliphatic carbocycles. The highest BCUT2D eigenvalue weighted by Crippen LogP contribution is 2.22. The molecule has 1 N–H and O–H groups in total. The van der Waals surface area contributed by atoms with Gasteiger partial charge in [0.25, 0.3) is 0 Å². The van der Waals surface area contributed by atoms with Crippen molar-refractivity contribution < 1.29 is 4.79 Å². The normalized spacial score (nSPS) is 14.8. The van der Waals surface area contributed by atoms with Crippen LogP contribution in [0.1, 0.15) is 24.7 Å². The molecule has 31 heavy (non-hydrogen) atoms. The van der Waals surface area contributed by atoms with Crippen LogP contribution in [0.5, 0.6) is 0 Å². The maximum absolute atomic E-state index is 12.3. The molecule has 1 aliphatic heterocycles. The summed E-state index contributed by atoms with van der Waals surface area (Å²) in [5.74, 6) is 1.53. The standard InChI is InChI=1S/C23H29ClN6O/c1-2-18-6-8-19(9-7-18)30-21(27-20-5-3-11-25-22(20)30)17-28-13-15-29(16-14-28)23(31)26-12-4-10-24/h3,5-9,11H,2,4,10,12-17H2,1H3,(H,26,31). The number of benzene rings is 1. The molecule has 0 unspecified atom stereocenters. The van der Waals surface area contributed by atoms with Crippen LogP contribution in [0.2, 0.25) is 0 Å². The number of pyridine rings is 1. The summed E-state index contributed by atoms with van der Waals surface area (Å²) in [6.07, 6.45) is 3.61. The van der Waals surface area contributed by atoms with Crippen molar-refractivity contribution in [2.24, 2.45) is 0 Å². The second-order valence-corrected chi connectivity index (χ2v) is 8.15. The third-order valence-corrected chi connectivity index (χ3v) is 5.97. The first-order chi connectivity index (χ1) is 15.2. The van der Waals surface area contributed by atoms with Gasteiger partial charge in [-0.25, -0.2) is 14.8 Å². The fraction of sp³-hybridized carbons (Fsp3) is 0.435. The lowest BCUT2D eigenvalue weighted by Gasteiger charge is -2.34. The highest BCUT2D eigenvalue weighted by Gasteiger charge is 2.23. The van der Waals surface area contributed by atoms with Crippen molar-refractivity contribution in [3.8, 4) is 5.69 Å². The number of aryl methyl sites for hydroxylation is 1. The van der Waals surface area contributed by atoms with E-state index in [4.69, 9.17) is 16.6 Å². The molecule has 7 nitrogen and oxygen atoms in total. The van der Waals surface area contributed by atoms with Crippen LogP contribution in [0, 0.1) is 0 Å². The number of fused-ring (bicyclic) bond motifs is 1. The van der Waals surface area contributed by atoms with Gasteiger partial charge in [-0.2, -0.15) is 0 Å². The van der Waals surface area contributed by atoms with Crippen LogP contribution in [-0.2, 0) is 13.0 Å². The maximum Gasteiger partial charge on any atom is 0.317 e. The number of nitrogens with one attached hydrogen (secondary N) is 1. The lowest BCUT2D eigenvalue weighted by molar-refractivity contribution is 0.133. The van der Waals surface area contributed by atoms with Crippen LogP contribution in [0.15, 0.2) is 42.6 Å². The van der Waals surface area contributed by atoms with Crippen molar-refractivity contribution in [2.45, 2.75) is 26.3 Å². The maximum atomic E-state index is 12.3. The van der Waals surface area contributed by atoms with Crippen molar-refractivity contribution >= 4 is 28.8 Å². The predicted octanol–water partition coefficient (Wildman–Crippen LogP) is 3.44. The first-order valence-corrected chi connectivity index (χ1v) is 11.5. The lowest BCUT2D eigenvalue weighted by atomic mass is 10.1. The van der Waals surface area contributed by atoms with Gasteiger partial charge in [0.15, 0.2) is 5.65 Å². The van der Waals surface area contributed by atoms with Crippen molar-refractivity contribution in [3.63, 3.8) is 0 Å². The summed E-state index contributed by atoms with van der Waals surface area (Å²) in [5, 5.41) is 2.93. The Kier molecular flexibility index (Phi) is 7.04. The third kappa shape index (κ3) is 4.99. The quantitative estimate of drug-likeness (QED) is 0.451. The summed E-state index contributed by atoms with van der Waals surface area (Å²) in [4.78, 5) is 26.0. The Balaban J connectivity index is 1.48. The molecule has 1 aliphatic rings. The van der Waals surface area contributed by atoms with Gasteiger partial charge >= 0.3 is 6.03 Å². The Bertz CT molecular complexity index is 1010. The Labute approximate surface area is 188 Å². The largest absolute Gasteiger partial charge is 0.338 e. The predicted molar refractivity (Wildman–Crippen MR) is 124 cm³/mol. The van der Waals surface area contributed by atoms with E-state index in [1.807, 2.05) is 23.2 Å². The van der Waals surface area contributed by atoms with Gasteiger partial charge in [0.05, 0.1) is 6.54 Å². The van der Waals surface area contributed by atoms with E-state index in [1.165, 1.54) is 5.56 Å². The number of hydrogen-bond donors (Lipinski definition) is 1. The van der Waals surface area contributed by atoms with E-state index in [1.54, 1.807) is 0 Å². The Morgan fingerprint density at radius 3 is 2.61 bits per heavy atom. The minimum atomic E-state index is -0.00257. The molecule has 0 atom stereocenters. The zero-order valence-corrected chi connectivity index (χ0v) is 18.7. The number of alkyl halides is 1. The molecule has 0 bridgehead atoms. The summed E-state index contributed by atoms with van der Waals surface area (Å²) in [6, 6.07) is 12.5. The Morgan fingerprint density at radius 2 is 1.90 bits per heavy atom. The summed E-state index contributed by atoms with van der Waals surface area (Å²) in [6.45, 7) is 6.53. The smallest absolute Gasteiger partial charge is 0.317 e. The molecule has 0 spiro atoms. The van der Waals surface area contributed by atoms with Gasteiger partial charge in [0.2, 0.25) is 0 Å². The Morgan fingerprint density at radius 1 is 1.13 bits per heavy atom. The van der Waals surface area contributed by atoms with Crippen molar-refractivity contribution in [1.29, 1.82) is 0 Å². The molecule has 164 valence electrons. The van der Waals surface area contributed by atoms with Gasteiger partial charge in [-0.15, -0.1) is 11.6 Å². The average molecular weight is 441 g/mol. The average Bonchev–Trinajstić information content (AvgIpc) is 3.17. The Hall–Kier alpha value is -2.64. The van der Waals surface area contributed by atoms with Crippen LogP contribution in [0.3, 0.4) is 0 Å². The van der Waals surface area contributed by atoms with Crippen LogP contribution < -0.4 is 5.32 Å². The van der Waals surface area contributed by atoms with Crippen LogP contribution in [0.4, 0.5) is 4.79 Å². The van der Waals surface area contributed by atoms with E-state index in [0.717, 1.165) is 48.6 Å². The molecule has 0 saturated carbocycles. The second kappa shape index (κ2) is 10.1. The number of imidazole rings is 1. The number of carbonyl (C=O) groups excluding carboxylic acids is 1. The minimum Gasteiger partial charge on any atom is -0.338 e. The topological polar surface area (TPSA) is 66.3 Å². The molecular formula is C23H29ClN6O. The summed E-state index contributed by atoms with van der Waals surface area (Å²) in [5.41, 5.74) is 4.15. The van der Waals surface area contributed by atoms with E-state index in [2.05, 4.69) is 51.0 Å². The van der Waals surface area contributed by atoms with Crippen LogP contribution in [0.25, 0.3) is 16.9 Å². The van der Waals surface area contributed by atoms with E-state index in [0.29, 0.717) is 32.1 Å². The zero-order valence-electron chi connectivity index (χ0n) is 17.9. The highest BCUT2D eigenvalue weighted by molar-refractivity contribution is 6.17. The molecule has 2 aromatic heterocycles. The van der Waals surface area contributed by atoms with Crippen LogP contribution >= 0.6 is 11.6 Å². The zero-order chi connectivity index (χ0) is 21.6. The highest BCUT2D eigenvalue weighted by atomic mass is 35.5. The van der Waals surface area contributed by atoms with Gasteiger partial charge in [-0.05, 0) is 42.7 Å². The first kappa shape index (κ1) is 21.6. The van der Waals surface area contributed by atoms with Gasteiger partial charge in [-0.3, -0.25) is 9.47 Å². The van der Waals surface area contributed by atoms with E-state index in [-0.39, 0.29) is 6.03 Å². The second-order valence-electron chi connectivity index (χ2n) is 7.77. The molecule has 1 aromatic carbocycles. The molecule has 2 amide bonds. The number of carbonyl (C=O) groups is 1. The molecule has 0 radical (unpaired) electrons. The minimum absolute atomic E-state index is 0.00257. The number of aromatic nitrogens is 3. The van der Waals surface area contributed by atoms with Crippen molar-refractivity contribution in [1.82, 2.24) is 29.7 Å².